The van der Waals surface area contributed by atoms with Gasteiger partial charge in [0.05, 0.1) is 5.57 Å². The molecule has 1 atom stereocenters. The third-order valence-electron chi connectivity index (χ3n) is 6.96. The monoisotopic (exact) mass is 523 g/mol. The van der Waals surface area contributed by atoms with Gasteiger partial charge >= 0.3 is 5.97 Å². The highest BCUT2D eigenvalue weighted by Gasteiger charge is 2.43. The molecule has 5 rings (SSSR count). The molecule has 6 heteroatoms. The Morgan fingerprint density at radius 3 is 2.26 bits per heavy atom. The minimum absolute atomic E-state index is 0.0401. The summed E-state index contributed by atoms with van der Waals surface area (Å²) < 4.78 is 17.5. The van der Waals surface area contributed by atoms with Crippen molar-refractivity contribution in [2.75, 3.05) is 13.2 Å². The fourth-order valence-electron chi connectivity index (χ4n) is 5.31. The number of allylic oxidation sites excluding steroid dienone is 3. The van der Waals surface area contributed by atoms with E-state index in [9.17, 15) is 9.59 Å². The number of carbonyl (C=O) groups excluding carboxylic acids is 2. The van der Waals surface area contributed by atoms with Crippen LogP contribution in [-0.4, -0.2) is 25.0 Å². The standard InChI is InChI=1S/C33H33NO5/c1-22-29(32(36)38-18-17-37-24-12-6-4-7-13-24)30(31-27(34-22)20-33(2,3)21-28(31)35)23-11-10-16-26(19-23)39-25-14-8-5-9-15-25/h4-16,19,30,34H,17-18,20-21H2,1-3H3. The van der Waals surface area contributed by atoms with E-state index in [2.05, 4.69) is 19.2 Å². The van der Waals surface area contributed by atoms with Gasteiger partial charge in [0, 0.05) is 29.3 Å². The smallest absolute Gasteiger partial charge is 0.336 e. The summed E-state index contributed by atoms with van der Waals surface area (Å²) >= 11 is 0. The fraction of sp³-hybridized carbons (Fsp3) is 0.273. The molecule has 0 aromatic heterocycles. The lowest BCUT2D eigenvalue weighted by Crippen LogP contribution is -2.38. The van der Waals surface area contributed by atoms with Crippen molar-refractivity contribution in [2.45, 2.75) is 39.5 Å². The molecule has 0 saturated carbocycles. The first-order valence-corrected chi connectivity index (χ1v) is 13.2. The molecule has 1 aliphatic heterocycles. The average Bonchev–Trinajstić information content (AvgIpc) is 2.91. The van der Waals surface area contributed by atoms with Crippen LogP contribution in [0.25, 0.3) is 0 Å². The highest BCUT2D eigenvalue weighted by atomic mass is 16.6. The molecule has 3 aromatic rings. The molecule has 2 aliphatic rings. The van der Waals surface area contributed by atoms with E-state index in [1.807, 2.05) is 91.9 Å². The highest BCUT2D eigenvalue weighted by Crippen LogP contribution is 2.47. The summed E-state index contributed by atoms with van der Waals surface area (Å²) in [6.07, 6.45) is 1.13. The van der Waals surface area contributed by atoms with E-state index in [4.69, 9.17) is 14.2 Å². The Morgan fingerprint density at radius 2 is 1.54 bits per heavy atom. The molecule has 3 aromatic carbocycles. The second-order valence-corrected chi connectivity index (χ2v) is 10.7. The summed E-state index contributed by atoms with van der Waals surface area (Å²) in [6.45, 7) is 6.36. The van der Waals surface area contributed by atoms with Gasteiger partial charge in [-0.15, -0.1) is 0 Å². The maximum atomic E-state index is 13.6. The van der Waals surface area contributed by atoms with Crippen LogP contribution in [0.15, 0.2) is 107 Å². The Labute approximate surface area is 229 Å². The third kappa shape index (κ3) is 6.06. The van der Waals surface area contributed by atoms with Gasteiger partial charge in [-0.2, -0.15) is 0 Å². The summed E-state index contributed by atoms with van der Waals surface area (Å²) in [5.41, 5.74) is 3.25. The second-order valence-electron chi connectivity index (χ2n) is 10.7. The number of hydrogen-bond donors (Lipinski definition) is 1. The molecule has 1 heterocycles. The van der Waals surface area contributed by atoms with Crippen LogP contribution < -0.4 is 14.8 Å². The van der Waals surface area contributed by atoms with Crippen LogP contribution in [0, 0.1) is 5.41 Å². The molecule has 6 nitrogen and oxygen atoms in total. The van der Waals surface area contributed by atoms with E-state index in [1.54, 1.807) is 0 Å². The van der Waals surface area contributed by atoms with E-state index in [1.165, 1.54) is 0 Å². The van der Waals surface area contributed by atoms with Gasteiger partial charge in [0.15, 0.2) is 5.78 Å². The topological polar surface area (TPSA) is 73.9 Å². The zero-order valence-corrected chi connectivity index (χ0v) is 22.5. The number of ketones is 1. The van der Waals surface area contributed by atoms with Crippen molar-refractivity contribution in [1.29, 1.82) is 0 Å². The van der Waals surface area contributed by atoms with E-state index >= 15 is 0 Å². The minimum atomic E-state index is -0.563. The molecule has 0 spiro atoms. The number of rotatable bonds is 8. The van der Waals surface area contributed by atoms with Crippen molar-refractivity contribution >= 4 is 11.8 Å². The van der Waals surface area contributed by atoms with Gasteiger partial charge in [0.25, 0.3) is 0 Å². The largest absolute Gasteiger partial charge is 0.490 e. The van der Waals surface area contributed by atoms with Gasteiger partial charge in [-0.05, 0) is 60.7 Å². The van der Waals surface area contributed by atoms with Crippen molar-refractivity contribution in [3.63, 3.8) is 0 Å². The van der Waals surface area contributed by atoms with Crippen molar-refractivity contribution in [1.82, 2.24) is 5.32 Å². The van der Waals surface area contributed by atoms with E-state index in [0.717, 1.165) is 17.7 Å². The molecule has 1 N–H and O–H groups in total. The maximum absolute atomic E-state index is 13.6. The number of benzene rings is 3. The predicted octanol–water partition coefficient (Wildman–Crippen LogP) is 6.71. The van der Waals surface area contributed by atoms with E-state index in [-0.39, 0.29) is 24.4 Å². The lowest BCUT2D eigenvalue weighted by atomic mass is 9.68. The first-order valence-electron chi connectivity index (χ1n) is 13.2. The number of nitrogens with one attached hydrogen (secondary N) is 1. The lowest BCUT2D eigenvalue weighted by Gasteiger charge is -2.39. The highest BCUT2D eigenvalue weighted by molar-refractivity contribution is 6.04. The Morgan fingerprint density at radius 1 is 0.872 bits per heavy atom. The normalized spacial score (nSPS) is 18.2. The number of Topliss-reactive ketones (excluding diaryl/α,β-unsaturated/α-hetero) is 1. The third-order valence-corrected chi connectivity index (χ3v) is 6.96. The predicted molar refractivity (Wildman–Crippen MR) is 149 cm³/mol. The van der Waals surface area contributed by atoms with E-state index in [0.29, 0.717) is 40.5 Å². The Balaban J connectivity index is 1.44. The summed E-state index contributed by atoms with van der Waals surface area (Å²) in [7, 11) is 0. The summed E-state index contributed by atoms with van der Waals surface area (Å²) in [5, 5.41) is 3.38. The number of para-hydroxylation sites is 2. The maximum Gasteiger partial charge on any atom is 0.336 e. The quantitative estimate of drug-likeness (QED) is 0.261. The Hall–Kier alpha value is -4.32. The molecule has 0 bridgehead atoms. The van der Waals surface area contributed by atoms with Gasteiger partial charge in [-0.1, -0.05) is 62.4 Å². The Kier molecular flexibility index (Phi) is 7.55. The number of carbonyl (C=O) groups is 2. The molecule has 200 valence electrons. The zero-order valence-electron chi connectivity index (χ0n) is 22.5. The number of hydrogen-bond acceptors (Lipinski definition) is 6. The first kappa shape index (κ1) is 26.3. The van der Waals surface area contributed by atoms with Gasteiger partial charge in [0.1, 0.15) is 30.5 Å². The van der Waals surface area contributed by atoms with Crippen LogP contribution in [0.1, 0.15) is 45.1 Å². The zero-order chi connectivity index (χ0) is 27.4. The minimum Gasteiger partial charge on any atom is -0.490 e. The molecule has 0 amide bonds. The van der Waals surface area contributed by atoms with Crippen LogP contribution in [0.2, 0.25) is 0 Å². The SMILES string of the molecule is CC1=C(C(=O)OCCOc2ccccc2)C(c2cccc(Oc3ccccc3)c2)C2=C(CC(C)(C)CC2=O)N1. The molecule has 0 fully saturated rings. The summed E-state index contributed by atoms with van der Waals surface area (Å²) in [4.78, 5) is 27.1. The van der Waals surface area contributed by atoms with Gasteiger partial charge in [-0.25, -0.2) is 4.79 Å². The Bertz CT molecular complexity index is 1420. The van der Waals surface area contributed by atoms with Crippen LogP contribution in [0.5, 0.6) is 17.2 Å². The van der Waals surface area contributed by atoms with Crippen molar-refractivity contribution in [3.8, 4) is 17.2 Å². The van der Waals surface area contributed by atoms with Gasteiger partial charge < -0.3 is 19.5 Å². The van der Waals surface area contributed by atoms with E-state index < -0.39 is 11.9 Å². The molecule has 1 unspecified atom stereocenters. The van der Waals surface area contributed by atoms with Crippen molar-refractivity contribution in [2.24, 2.45) is 5.41 Å². The van der Waals surface area contributed by atoms with Crippen LogP contribution in [-0.2, 0) is 14.3 Å². The molecular formula is C33H33NO5. The molecular weight excluding hydrogens is 490 g/mol. The molecule has 0 radical (unpaired) electrons. The van der Waals surface area contributed by atoms with Crippen LogP contribution in [0.4, 0.5) is 0 Å². The number of dihydropyridines is 1. The summed E-state index contributed by atoms with van der Waals surface area (Å²) in [5.74, 6) is 1.05. The molecule has 39 heavy (non-hydrogen) atoms. The summed E-state index contributed by atoms with van der Waals surface area (Å²) in [6, 6.07) is 26.5. The number of ether oxygens (including phenoxy) is 3. The lowest BCUT2D eigenvalue weighted by molar-refractivity contribution is -0.140. The van der Waals surface area contributed by atoms with Crippen molar-refractivity contribution in [3.05, 3.63) is 113 Å². The first-order chi connectivity index (χ1) is 18.8. The van der Waals surface area contributed by atoms with Crippen LogP contribution >= 0.6 is 0 Å². The average molecular weight is 524 g/mol. The van der Waals surface area contributed by atoms with Gasteiger partial charge in [-0.3, -0.25) is 4.79 Å². The van der Waals surface area contributed by atoms with Crippen molar-refractivity contribution < 1.29 is 23.8 Å². The van der Waals surface area contributed by atoms with Crippen LogP contribution in [0.3, 0.4) is 0 Å². The fourth-order valence-corrected chi connectivity index (χ4v) is 5.31. The van der Waals surface area contributed by atoms with Gasteiger partial charge in [0.2, 0.25) is 0 Å². The number of esters is 1. The molecule has 1 aliphatic carbocycles. The molecule has 0 saturated heterocycles. The second kappa shape index (κ2) is 11.2.